The molecule has 14 heavy (non-hydrogen) atoms. The maximum absolute atomic E-state index is 12.2. The summed E-state index contributed by atoms with van der Waals surface area (Å²) in [6.07, 6.45) is -3.76. The van der Waals surface area contributed by atoms with Crippen LogP contribution in [0.4, 0.5) is 13.2 Å². The van der Waals surface area contributed by atoms with E-state index in [0.717, 1.165) is 5.56 Å². The second kappa shape index (κ2) is 3.68. The summed E-state index contributed by atoms with van der Waals surface area (Å²) in [7, 11) is 0. The highest BCUT2D eigenvalue weighted by molar-refractivity contribution is 5.75. The molecule has 0 saturated heterocycles. The molecule has 0 spiro atoms. The minimum Gasteiger partial charge on any atom is -0.171 e. The zero-order valence-corrected chi connectivity index (χ0v) is 6.88. The van der Waals surface area contributed by atoms with Gasteiger partial charge in [-0.2, -0.15) is 13.2 Å². The predicted octanol–water partition coefficient (Wildman–Crippen LogP) is 2.17. The van der Waals surface area contributed by atoms with Crippen LogP contribution in [0.2, 0.25) is 0 Å². The Kier molecular flexibility index (Phi) is 2.93. The van der Waals surface area contributed by atoms with E-state index >= 15 is 0 Å². The lowest BCUT2D eigenvalue weighted by Crippen LogP contribution is -2.11. The van der Waals surface area contributed by atoms with E-state index in [1.807, 2.05) is 6.07 Å². The quantitative estimate of drug-likeness (QED) is 0.609. The first-order chi connectivity index (χ1) is 6.09. The molecule has 0 nitrogen and oxygen atoms in total. The third-order valence-corrected chi connectivity index (χ3v) is 2.44. The van der Waals surface area contributed by atoms with Crippen LogP contribution >= 0.6 is 0 Å². The van der Waals surface area contributed by atoms with E-state index in [1.54, 1.807) is 24.3 Å². The van der Waals surface area contributed by atoms with Crippen molar-refractivity contribution in [2.75, 3.05) is 0 Å². The molecule has 2 unspecified atom stereocenters. The average Bonchev–Trinajstić information content (AvgIpc) is 2.83. The van der Waals surface area contributed by atoms with Crippen molar-refractivity contribution in [3.63, 3.8) is 0 Å². The first-order valence-electron chi connectivity index (χ1n) is 4.20. The lowest BCUT2D eigenvalue weighted by molar-refractivity contribution is -0.148. The first kappa shape index (κ1) is 11.2. The van der Waals surface area contributed by atoms with E-state index in [-0.39, 0.29) is 20.8 Å². The van der Waals surface area contributed by atoms with Gasteiger partial charge in [-0.05, 0) is 17.9 Å². The summed E-state index contributed by atoms with van der Waals surface area (Å²) >= 11 is 0. The van der Waals surface area contributed by atoms with Crippen LogP contribution in [0.3, 0.4) is 0 Å². The first-order valence-corrected chi connectivity index (χ1v) is 4.20. The van der Waals surface area contributed by atoms with Crippen molar-refractivity contribution in [2.45, 2.75) is 18.5 Å². The summed E-state index contributed by atoms with van der Waals surface area (Å²) in [4.78, 5) is 0. The molecule has 1 aliphatic carbocycles. The van der Waals surface area contributed by atoms with Gasteiger partial charge in [-0.3, -0.25) is 0 Å². The van der Waals surface area contributed by atoms with E-state index in [4.69, 9.17) is 0 Å². The van der Waals surface area contributed by atoms with Crippen molar-refractivity contribution in [3.05, 3.63) is 35.9 Å². The molecule has 4 heteroatoms. The number of halogens is 3. The van der Waals surface area contributed by atoms with Gasteiger partial charge in [0, 0.05) is 0 Å². The fraction of sp³-hybridized carbons (Fsp3) is 0.400. The maximum Gasteiger partial charge on any atom is 0.392 e. The third kappa shape index (κ3) is 2.11. The Bertz CT molecular complexity index is 294. The number of hydrogen-bond acceptors (Lipinski definition) is 0. The summed E-state index contributed by atoms with van der Waals surface area (Å²) in [6.45, 7) is 0. The molecule has 2 rings (SSSR count). The van der Waals surface area contributed by atoms with Gasteiger partial charge in [0.05, 0.1) is 14.3 Å². The van der Waals surface area contributed by atoms with Crippen LogP contribution in [0.15, 0.2) is 30.3 Å². The van der Waals surface area contributed by atoms with Gasteiger partial charge in [0.15, 0.2) is 0 Å². The van der Waals surface area contributed by atoms with E-state index in [1.165, 1.54) is 0 Å². The van der Waals surface area contributed by atoms with Crippen LogP contribution in [0.25, 0.3) is 0 Å². The van der Waals surface area contributed by atoms with Gasteiger partial charge < -0.3 is 0 Å². The predicted molar refractivity (Wildman–Crippen MR) is 53.3 cm³/mol. The third-order valence-electron chi connectivity index (χ3n) is 2.44. The molecule has 0 aliphatic heterocycles. The fourth-order valence-corrected chi connectivity index (χ4v) is 1.63. The lowest BCUT2D eigenvalue weighted by Gasteiger charge is -2.04. The Morgan fingerprint density at radius 2 is 1.64 bits per heavy atom. The van der Waals surface area contributed by atoms with E-state index in [2.05, 4.69) is 0 Å². The zero-order valence-electron chi connectivity index (χ0n) is 6.88. The smallest absolute Gasteiger partial charge is 0.171 e. The van der Waals surface area contributed by atoms with Crippen LogP contribution in [0.1, 0.15) is 17.9 Å². The molecular weight excluding hydrogens is 188 g/mol. The average molecular weight is 200 g/mol. The molecule has 0 heterocycles. The van der Waals surface area contributed by atoms with Crippen LogP contribution in [-0.4, -0.2) is 14.6 Å². The molecule has 0 aromatic heterocycles. The minimum absolute atomic E-state index is 0. The maximum atomic E-state index is 12.2. The summed E-state index contributed by atoms with van der Waals surface area (Å²) in [6, 6.07) is 8.89. The van der Waals surface area contributed by atoms with E-state index < -0.39 is 12.1 Å². The lowest BCUT2D eigenvalue weighted by atomic mass is 10.1. The summed E-state index contributed by atoms with van der Waals surface area (Å²) in [5, 5.41) is 0. The largest absolute Gasteiger partial charge is 0.392 e. The van der Waals surface area contributed by atoms with Gasteiger partial charge in [-0.15, -0.1) is 0 Å². The van der Waals surface area contributed by atoms with Crippen LogP contribution in [0.5, 0.6) is 0 Å². The second-order valence-electron chi connectivity index (χ2n) is 3.40. The van der Waals surface area contributed by atoms with Crippen molar-refractivity contribution in [1.82, 2.24) is 0 Å². The van der Waals surface area contributed by atoms with Crippen molar-refractivity contribution < 1.29 is 13.2 Å². The summed E-state index contributed by atoms with van der Waals surface area (Å²) in [5.74, 6) is -1.39. The number of hydrogen-bond donors (Lipinski definition) is 0. The van der Waals surface area contributed by atoms with Crippen molar-refractivity contribution in [2.24, 2.45) is 5.92 Å². The molecule has 1 saturated carbocycles. The Morgan fingerprint density at radius 3 is 2.07 bits per heavy atom. The summed E-state index contributed by atoms with van der Waals surface area (Å²) in [5.41, 5.74) is 0.810. The minimum atomic E-state index is -4.01. The molecule has 0 radical (unpaired) electrons. The topological polar surface area (TPSA) is 0 Å². The number of benzene rings is 1. The molecule has 2 atom stereocenters. The summed E-state index contributed by atoms with van der Waals surface area (Å²) < 4.78 is 36.5. The van der Waals surface area contributed by atoms with Crippen molar-refractivity contribution in [1.29, 1.82) is 0 Å². The Labute approximate surface area is 82.7 Å². The molecule has 0 bridgehead atoms. The van der Waals surface area contributed by atoms with Crippen molar-refractivity contribution in [3.8, 4) is 0 Å². The van der Waals surface area contributed by atoms with Gasteiger partial charge in [0.2, 0.25) is 0 Å². The van der Waals surface area contributed by atoms with Gasteiger partial charge in [-0.1, -0.05) is 30.3 Å². The molecule has 1 aromatic rings. The normalized spacial score (nSPS) is 25.4. The van der Waals surface area contributed by atoms with Crippen LogP contribution in [0, 0.1) is 5.92 Å². The monoisotopic (exact) mass is 200 g/mol. The standard InChI is InChI=1S/C10H9F3.BH3/c11-10(12,13)9-6-8(9)7-4-2-1-3-5-7;/h1-5,8-9H,6H2;1H3. The zero-order chi connectivity index (χ0) is 9.47. The molecule has 76 valence electrons. The Hall–Kier alpha value is -0.925. The number of rotatable bonds is 1. The highest BCUT2D eigenvalue weighted by Crippen LogP contribution is 2.55. The van der Waals surface area contributed by atoms with Crippen LogP contribution < -0.4 is 0 Å². The Balaban J connectivity index is 0.000000980. The highest BCUT2D eigenvalue weighted by Gasteiger charge is 2.55. The van der Waals surface area contributed by atoms with Gasteiger partial charge in [0.25, 0.3) is 0 Å². The van der Waals surface area contributed by atoms with Crippen molar-refractivity contribution >= 4 is 8.41 Å². The molecule has 1 aromatic carbocycles. The van der Waals surface area contributed by atoms with Gasteiger partial charge in [0.1, 0.15) is 0 Å². The van der Waals surface area contributed by atoms with Gasteiger partial charge >= 0.3 is 6.18 Å². The molecule has 0 N–H and O–H groups in total. The molecule has 1 fully saturated rings. The molecule has 0 amide bonds. The second-order valence-corrected chi connectivity index (χ2v) is 3.40. The van der Waals surface area contributed by atoms with Crippen LogP contribution in [-0.2, 0) is 0 Å². The van der Waals surface area contributed by atoms with E-state index in [0.29, 0.717) is 0 Å². The number of alkyl halides is 3. The van der Waals surface area contributed by atoms with Gasteiger partial charge in [-0.25, -0.2) is 0 Å². The molecule has 1 aliphatic rings. The highest BCUT2D eigenvalue weighted by atomic mass is 19.4. The molecular formula is C10H12BF3. The SMILES string of the molecule is B.FC(F)(F)C1CC1c1ccccc1. The Morgan fingerprint density at radius 1 is 1.07 bits per heavy atom. The van der Waals surface area contributed by atoms with E-state index in [9.17, 15) is 13.2 Å². The fourth-order valence-electron chi connectivity index (χ4n) is 1.63.